The summed E-state index contributed by atoms with van der Waals surface area (Å²) in [7, 11) is 0.785. The van der Waals surface area contributed by atoms with Gasteiger partial charge in [0.2, 0.25) is 0 Å². The average Bonchev–Trinajstić information content (AvgIpc) is 1.30. The Kier molecular flexibility index (Phi) is 2.04. The molecule has 0 unspecified atom stereocenters. The summed E-state index contributed by atoms with van der Waals surface area (Å²) in [5.74, 6) is 0. The topological polar surface area (TPSA) is 18.5 Å². The third-order valence-corrected chi connectivity index (χ3v) is 0.178. The zero-order valence-corrected chi connectivity index (χ0v) is 3.45. The molecule has 0 radical (unpaired) electrons. The number of hydrogen-bond donors (Lipinski definition) is 0. The van der Waals surface area contributed by atoms with E-state index in [1.807, 2.05) is 0 Å². The number of alkyl halides is 3. The van der Waals surface area contributed by atoms with Crippen molar-refractivity contribution >= 4 is 0 Å². The maximum Gasteiger partial charge on any atom is 0.549 e. The number of hydrogen-bond acceptors (Lipinski definition) is 2. The Balaban J connectivity index is 3.15. The van der Waals surface area contributed by atoms with Crippen molar-refractivity contribution < 1.29 is 22.9 Å². The van der Waals surface area contributed by atoms with E-state index in [2.05, 4.69) is 9.78 Å². The highest BCUT2D eigenvalue weighted by Crippen LogP contribution is 2.15. The predicted molar refractivity (Wildman–Crippen MR) is 14.1 cm³/mol. The Labute approximate surface area is 37.8 Å². The lowest BCUT2D eigenvalue weighted by atomic mass is 11.4. The van der Waals surface area contributed by atoms with Gasteiger partial charge in [-0.05, 0) is 0 Å². The zero-order valence-electron chi connectivity index (χ0n) is 3.45. The van der Waals surface area contributed by atoms with E-state index in [1.165, 1.54) is 0 Å². The van der Waals surface area contributed by atoms with Gasteiger partial charge < -0.3 is 0 Å². The molecule has 0 aromatic rings. The Morgan fingerprint density at radius 2 is 1.71 bits per heavy atom. The Morgan fingerprint density at radius 3 is 1.71 bits per heavy atom. The second-order valence-corrected chi connectivity index (χ2v) is 0.696. The van der Waals surface area contributed by atoms with Gasteiger partial charge in [0.1, 0.15) is 0 Å². The molecule has 0 aromatic heterocycles. The first-order valence-electron chi connectivity index (χ1n) is 1.35. The summed E-state index contributed by atoms with van der Waals surface area (Å²) < 4.78 is 32.1. The van der Waals surface area contributed by atoms with Crippen molar-refractivity contribution in [3.8, 4) is 0 Å². The lowest BCUT2D eigenvalue weighted by Gasteiger charge is -1.99. The molecular weight excluding hydrogens is 113 g/mol. The fourth-order valence-corrected chi connectivity index (χ4v) is 0.0945. The second kappa shape index (κ2) is 2.13. The van der Waals surface area contributed by atoms with Gasteiger partial charge in [0.05, 0.1) is 7.11 Å². The normalized spacial score (nSPS) is 12.0. The summed E-state index contributed by atoms with van der Waals surface area (Å²) in [6, 6.07) is 0. The second-order valence-electron chi connectivity index (χ2n) is 0.696. The van der Waals surface area contributed by atoms with E-state index in [-0.39, 0.29) is 0 Å². The molecule has 0 saturated carbocycles. The van der Waals surface area contributed by atoms with E-state index in [9.17, 15) is 13.2 Å². The molecule has 0 bridgehead atoms. The maximum absolute atomic E-state index is 10.7. The van der Waals surface area contributed by atoms with Crippen LogP contribution in [0.5, 0.6) is 0 Å². The van der Waals surface area contributed by atoms with Crippen molar-refractivity contribution in [2.45, 2.75) is 6.36 Å². The average molecular weight is 116 g/mol. The van der Waals surface area contributed by atoms with E-state index in [4.69, 9.17) is 0 Å². The van der Waals surface area contributed by atoms with Crippen LogP contribution in [0.4, 0.5) is 13.2 Å². The van der Waals surface area contributed by atoms with Crippen LogP contribution in [-0.4, -0.2) is 13.5 Å². The summed E-state index contributed by atoms with van der Waals surface area (Å²) in [6.07, 6.45) is -4.67. The molecule has 7 heavy (non-hydrogen) atoms. The smallest absolute Gasteiger partial charge is 0.232 e. The van der Waals surface area contributed by atoms with Crippen LogP contribution in [0.15, 0.2) is 0 Å². The molecule has 0 rings (SSSR count). The standard InChI is InChI=1S/C2H3F3O2/c1-6-7-2(3,4)5/h1H3. The van der Waals surface area contributed by atoms with Crippen LogP contribution in [0.1, 0.15) is 0 Å². The quantitative estimate of drug-likeness (QED) is 0.377. The van der Waals surface area contributed by atoms with Gasteiger partial charge in [0.25, 0.3) is 0 Å². The van der Waals surface area contributed by atoms with Gasteiger partial charge in [-0.1, -0.05) is 0 Å². The molecule has 0 aromatic carbocycles. The summed E-state index contributed by atoms with van der Waals surface area (Å²) in [5, 5.41) is 0. The predicted octanol–water partition coefficient (Wildman–Crippen LogP) is 1.08. The molecule has 0 amide bonds. The molecule has 0 spiro atoms. The van der Waals surface area contributed by atoms with Crippen LogP contribution in [0, 0.1) is 0 Å². The van der Waals surface area contributed by atoms with Gasteiger partial charge in [-0.2, -0.15) is 0 Å². The number of halogens is 3. The first-order chi connectivity index (χ1) is 3.06. The highest BCUT2D eigenvalue weighted by molar-refractivity contribution is 4.12. The summed E-state index contributed by atoms with van der Waals surface area (Å²) in [6.45, 7) is 0. The van der Waals surface area contributed by atoms with E-state index >= 15 is 0 Å². The molecule has 5 heteroatoms. The van der Waals surface area contributed by atoms with Crippen LogP contribution in [-0.2, 0) is 9.78 Å². The molecule has 0 fully saturated rings. The summed E-state index contributed by atoms with van der Waals surface area (Å²) in [5.41, 5.74) is 0. The molecule has 2 nitrogen and oxygen atoms in total. The first kappa shape index (κ1) is 6.71. The number of rotatable bonds is 1. The van der Waals surface area contributed by atoms with E-state index in [0.717, 1.165) is 7.11 Å². The van der Waals surface area contributed by atoms with Crippen LogP contribution in [0.25, 0.3) is 0 Å². The largest absolute Gasteiger partial charge is 0.549 e. The van der Waals surface area contributed by atoms with Gasteiger partial charge in [0, 0.05) is 0 Å². The SMILES string of the molecule is COOC(F)(F)F. The van der Waals surface area contributed by atoms with Gasteiger partial charge in [0.15, 0.2) is 0 Å². The Morgan fingerprint density at radius 1 is 1.29 bits per heavy atom. The maximum atomic E-state index is 10.7. The molecule has 0 aliphatic heterocycles. The minimum Gasteiger partial charge on any atom is -0.232 e. The Hall–Kier alpha value is -0.290. The first-order valence-corrected chi connectivity index (χ1v) is 1.35. The van der Waals surface area contributed by atoms with Crippen LogP contribution >= 0.6 is 0 Å². The molecule has 44 valence electrons. The van der Waals surface area contributed by atoms with Crippen LogP contribution in [0.3, 0.4) is 0 Å². The molecule has 0 saturated heterocycles. The minimum absolute atomic E-state index is 0.785. The van der Waals surface area contributed by atoms with Crippen molar-refractivity contribution in [3.05, 3.63) is 0 Å². The van der Waals surface area contributed by atoms with Crippen molar-refractivity contribution in [2.75, 3.05) is 7.11 Å². The molecule has 0 heterocycles. The van der Waals surface area contributed by atoms with Gasteiger partial charge in [-0.25, -0.2) is 4.89 Å². The molecule has 0 N–H and O–H groups in total. The van der Waals surface area contributed by atoms with Gasteiger partial charge in [-0.15, -0.1) is 18.1 Å². The van der Waals surface area contributed by atoms with Gasteiger partial charge in [-0.3, -0.25) is 0 Å². The summed E-state index contributed by atoms with van der Waals surface area (Å²) >= 11 is 0. The lowest BCUT2D eigenvalue weighted by Crippen LogP contribution is -2.11. The van der Waals surface area contributed by atoms with E-state index in [1.54, 1.807) is 0 Å². The highest BCUT2D eigenvalue weighted by atomic mass is 19.4. The molecule has 0 aliphatic carbocycles. The van der Waals surface area contributed by atoms with E-state index < -0.39 is 6.36 Å². The molecule has 0 atom stereocenters. The summed E-state index contributed by atoms with van der Waals surface area (Å²) in [4.78, 5) is 6.01. The van der Waals surface area contributed by atoms with Crippen molar-refractivity contribution in [3.63, 3.8) is 0 Å². The minimum atomic E-state index is -4.67. The van der Waals surface area contributed by atoms with Crippen LogP contribution in [0.2, 0.25) is 0 Å². The van der Waals surface area contributed by atoms with Crippen LogP contribution < -0.4 is 0 Å². The third kappa shape index (κ3) is 5.71. The fraction of sp³-hybridized carbons (Fsp3) is 1.00. The fourth-order valence-electron chi connectivity index (χ4n) is 0.0945. The monoisotopic (exact) mass is 116 g/mol. The molecule has 0 aliphatic rings. The zero-order chi connectivity index (χ0) is 5.91. The Bertz CT molecular complexity index is 49.4. The van der Waals surface area contributed by atoms with Crippen molar-refractivity contribution in [1.29, 1.82) is 0 Å². The third-order valence-electron chi connectivity index (χ3n) is 0.178. The van der Waals surface area contributed by atoms with Crippen molar-refractivity contribution in [1.82, 2.24) is 0 Å². The van der Waals surface area contributed by atoms with Gasteiger partial charge >= 0.3 is 6.36 Å². The van der Waals surface area contributed by atoms with Crippen molar-refractivity contribution in [2.24, 2.45) is 0 Å². The van der Waals surface area contributed by atoms with E-state index in [0.29, 0.717) is 0 Å². The molecular formula is C2H3F3O2. The highest BCUT2D eigenvalue weighted by Gasteiger charge is 2.30. The lowest BCUT2D eigenvalue weighted by molar-refractivity contribution is -0.475.